The molecule has 1 saturated heterocycles. The Bertz CT molecular complexity index is 746. The van der Waals surface area contributed by atoms with E-state index in [-0.39, 0.29) is 23.8 Å². The van der Waals surface area contributed by atoms with E-state index in [1.165, 1.54) is 11.2 Å². The highest BCUT2D eigenvalue weighted by molar-refractivity contribution is 5.95. The van der Waals surface area contributed by atoms with E-state index in [9.17, 15) is 18.4 Å². The summed E-state index contributed by atoms with van der Waals surface area (Å²) >= 11 is 0. The van der Waals surface area contributed by atoms with Gasteiger partial charge in [-0.2, -0.15) is 0 Å². The molecule has 0 radical (unpaired) electrons. The molecule has 0 atom stereocenters. The van der Waals surface area contributed by atoms with E-state index in [1.54, 1.807) is 17.0 Å². The summed E-state index contributed by atoms with van der Waals surface area (Å²) in [5, 5.41) is 0. The molecule has 2 amide bonds. The van der Waals surface area contributed by atoms with Gasteiger partial charge in [0.25, 0.3) is 11.8 Å². The minimum absolute atomic E-state index is 0.242. The Morgan fingerprint density at radius 1 is 0.958 bits per heavy atom. The van der Waals surface area contributed by atoms with Crippen LogP contribution < -0.4 is 0 Å². The predicted molar refractivity (Wildman–Crippen MR) is 81.5 cm³/mol. The maximum absolute atomic E-state index is 13.8. The fourth-order valence-electron chi connectivity index (χ4n) is 2.71. The number of rotatable bonds is 2. The molecular formula is C17H16F2N2O3. The van der Waals surface area contributed by atoms with Crippen LogP contribution in [0, 0.1) is 11.6 Å². The Labute approximate surface area is 137 Å². The number of hydrogen-bond donors (Lipinski definition) is 0. The van der Waals surface area contributed by atoms with Crippen LogP contribution in [0.5, 0.6) is 0 Å². The monoisotopic (exact) mass is 334 g/mol. The van der Waals surface area contributed by atoms with Gasteiger partial charge in [0.15, 0.2) is 5.76 Å². The minimum atomic E-state index is -0.755. The van der Waals surface area contributed by atoms with Gasteiger partial charge in [-0.05, 0) is 36.8 Å². The standard InChI is InChI=1S/C17H16F2N2O3/c18-12-4-5-14(19)13(11-12)16(22)20-6-2-7-21(9-8-20)17(23)15-3-1-10-24-15/h1,3-5,10-11H,2,6-9H2. The van der Waals surface area contributed by atoms with Crippen LogP contribution in [0.3, 0.4) is 0 Å². The van der Waals surface area contributed by atoms with Crippen molar-refractivity contribution in [2.24, 2.45) is 0 Å². The predicted octanol–water partition coefficient (Wildman–Crippen LogP) is 2.55. The minimum Gasteiger partial charge on any atom is -0.459 e. The van der Waals surface area contributed by atoms with Crippen molar-refractivity contribution < 1.29 is 22.8 Å². The van der Waals surface area contributed by atoms with Crippen LogP contribution in [0.2, 0.25) is 0 Å². The van der Waals surface area contributed by atoms with E-state index in [0.717, 1.165) is 18.2 Å². The Morgan fingerprint density at radius 3 is 2.33 bits per heavy atom. The highest BCUT2D eigenvalue weighted by atomic mass is 19.1. The fourth-order valence-corrected chi connectivity index (χ4v) is 2.71. The van der Waals surface area contributed by atoms with Crippen molar-refractivity contribution in [1.29, 1.82) is 0 Å². The fraction of sp³-hybridized carbons (Fsp3) is 0.294. The van der Waals surface area contributed by atoms with E-state index in [4.69, 9.17) is 4.42 Å². The lowest BCUT2D eigenvalue weighted by Crippen LogP contribution is -2.37. The van der Waals surface area contributed by atoms with E-state index < -0.39 is 17.5 Å². The number of carbonyl (C=O) groups is 2. The lowest BCUT2D eigenvalue weighted by Gasteiger charge is -2.22. The molecule has 1 fully saturated rings. The maximum atomic E-state index is 13.8. The van der Waals surface area contributed by atoms with Crippen molar-refractivity contribution in [2.75, 3.05) is 26.2 Å². The lowest BCUT2D eigenvalue weighted by atomic mass is 10.1. The Morgan fingerprint density at radius 2 is 1.67 bits per heavy atom. The van der Waals surface area contributed by atoms with Crippen LogP contribution in [0.1, 0.15) is 27.3 Å². The van der Waals surface area contributed by atoms with E-state index >= 15 is 0 Å². The number of benzene rings is 1. The second-order valence-electron chi connectivity index (χ2n) is 5.54. The van der Waals surface area contributed by atoms with Crippen molar-refractivity contribution in [3.63, 3.8) is 0 Å². The number of nitrogens with zero attached hydrogens (tertiary/aromatic N) is 2. The first-order chi connectivity index (χ1) is 11.6. The summed E-state index contributed by atoms with van der Waals surface area (Å²) in [5.74, 6) is -1.99. The number of hydrogen-bond acceptors (Lipinski definition) is 3. The van der Waals surface area contributed by atoms with E-state index in [0.29, 0.717) is 26.1 Å². The molecule has 3 rings (SSSR count). The summed E-state index contributed by atoms with van der Waals surface area (Å²) in [6.07, 6.45) is 1.97. The zero-order chi connectivity index (χ0) is 17.1. The zero-order valence-corrected chi connectivity index (χ0v) is 12.9. The largest absolute Gasteiger partial charge is 0.459 e. The van der Waals surface area contributed by atoms with Gasteiger partial charge in [-0.1, -0.05) is 0 Å². The molecule has 2 heterocycles. The molecular weight excluding hydrogens is 318 g/mol. The summed E-state index contributed by atoms with van der Waals surface area (Å²) in [6.45, 7) is 1.40. The molecule has 1 aromatic heterocycles. The Hall–Kier alpha value is -2.70. The molecule has 1 aliphatic rings. The number of amides is 2. The molecule has 0 spiro atoms. The van der Waals surface area contributed by atoms with Crippen molar-refractivity contribution >= 4 is 11.8 Å². The molecule has 0 N–H and O–H groups in total. The topological polar surface area (TPSA) is 53.8 Å². The van der Waals surface area contributed by atoms with Crippen molar-refractivity contribution in [1.82, 2.24) is 9.80 Å². The number of halogens is 2. The van der Waals surface area contributed by atoms with Crippen LogP contribution in [0.15, 0.2) is 41.0 Å². The SMILES string of the molecule is O=C(c1ccco1)N1CCCN(C(=O)c2cc(F)ccc2F)CC1. The molecule has 0 aliphatic carbocycles. The summed E-state index contributed by atoms with van der Waals surface area (Å²) < 4.78 is 32.2. The summed E-state index contributed by atoms with van der Waals surface area (Å²) in [4.78, 5) is 27.7. The zero-order valence-electron chi connectivity index (χ0n) is 12.9. The molecule has 0 bridgehead atoms. The smallest absolute Gasteiger partial charge is 0.289 e. The first-order valence-corrected chi connectivity index (χ1v) is 7.63. The highest BCUT2D eigenvalue weighted by Gasteiger charge is 2.26. The quantitative estimate of drug-likeness (QED) is 0.848. The summed E-state index contributed by atoms with van der Waals surface area (Å²) in [5.41, 5.74) is -0.291. The molecule has 0 saturated carbocycles. The van der Waals surface area contributed by atoms with Gasteiger partial charge in [-0.25, -0.2) is 8.78 Å². The van der Waals surface area contributed by atoms with Crippen LogP contribution in [0.25, 0.3) is 0 Å². The van der Waals surface area contributed by atoms with Gasteiger partial charge in [0, 0.05) is 26.2 Å². The second kappa shape index (κ2) is 6.82. The van der Waals surface area contributed by atoms with Crippen LogP contribution in [-0.2, 0) is 0 Å². The van der Waals surface area contributed by atoms with Gasteiger partial charge in [-0.15, -0.1) is 0 Å². The normalized spacial score (nSPS) is 15.2. The molecule has 1 aromatic carbocycles. The number of carbonyl (C=O) groups excluding carboxylic acids is 2. The Kier molecular flexibility index (Phi) is 4.59. The first kappa shape index (κ1) is 16.2. The van der Waals surface area contributed by atoms with Gasteiger partial charge in [-0.3, -0.25) is 9.59 Å². The van der Waals surface area contributed by atoms with Gasteiger partial charge in [0.2, 0.25) is 0 Å². The average molecular weight is 334 g/mol. The van der Waals surface area contributed by atoms with E-state index in [2.05, 4.69) is 0 Å². The van der Waals surface area contributed by atoms with Crippen LogP contribution in [-0.4, -0.2) is 47.8 Å². The van der Waals surface area contributed by atoms with Crippen LogP contribution in [0.4, 0.5) is 8.78 Å². The Balaban J connectivity index is 1.70. The molecule has 5 nitrogen and oxygen atoms in total. The highest BCUT2D eigenvalue weighted by Crippen LogP contribution is 2.15. The van der Waals surface area contributed by atoms with Gasteiger partial charge in [0.05, 0.1) is 11.8 Å². The molecule has 126 valence electrons. The van der Waals surface area contributed by atoms with Gasteiger partial charge >= 0.3 is 0 Å². The number of furan rings is 1. The third-order valence-electron chi connectivity index (χ3n) is 3.96. The molecule has 1 aliphatic heterocycles. The average Bonchev–Trinajstić information content (AvgIpc) is 3.00. The lowest BCUT2D eigenvalue weighted by molar-refractivity contribution is 0.0698. The van der Waals surface area contributed by atoms with Gasteiger partial charge in [0.1, 0.15) is 11.6 Å². The second-order valence-corrected chi connectivity index (χ2v) is 5.54. The summed E-state index contributed by atoms with van der Waals surface area (Å²) in [6, 6.07) is 6.02. The molecule has 0 unspecified atom stereocenters. The molecule has 2 aromatic rings. The van der Waals surface area contributed by atoms with Crippen molar-refractivity contribution in [3.8, 4) is 0 Å². The third-order valence-corrected chi connectivity index (χ3v) is 3.96. The molecule has 24 heavy (non-hydrogen) atoms. The third kappa shape index (κ3) is 3.29. The first-order valence-electron chi connectivity index (χ1n) is 7.63. The molecule has 7 heteroatoms. The van der Waals surface area contributed by atoms with Crippen molar-refractivity contribution in [3.05, 3.63) is 59.6 Å². The van der Waals surface area contributed by atoms with Gasteiger partial charge < -0.3 is 14.2 Å². The van der Waals surface area contributed by atoms with Crippen LogP contribution >= 0.6 is 0 Å². The van der Waals surface area contributed by atoms with E-state index in [1.807, 2.05) is 0 Å². The maximum Gasteiger partial charge on any atom is 0.289 e. The summed E-state index contributed by atoms with van der Waals surface area (Å²) in [7, 11) is 0. The van der Waals surface area contributed by atoms with Crippen molar-refractivity contribution in [2.45, 2.75) is 6.42 Å².